The van der Waals surface area contributed by atoms with Crippen molar-refractivity contribution in [2.24, 2.45) is 5.92 Å². The number of esters is 1. The van der Waals surface area contributed by atoms with Crippen LogP contribution in [0.4, 0.5) is 0 Å². The van der Waals surface area contributed by atoms with Crippen molar-refractivity contribution in [3.05, 3.63) is 0 Å². The van der Waals surface area contributed by atoms with Crippen LogP contribution in [-0.2, 0) is 29.0 Å². The first-order valence-electron chi connectivity index (χ1n) is 6.03. The molecule has 1 aliphatic rings. The average molecular weight is 307 g/mol. The number of nitrogens with zero attached hydrogens (tertiary/aromatic N) is 1. The molecule has 0 atom stereocenters. The van der Waals surface area contributed by atoms with E-state index in [1.54, 1.807) is 0 Å². The van der Waals surface area contributed by atoms with E-state index in [2.05, 4.69) is 4.74 Å². The number of aliphatic carboxylic acids is 1. The Bertz CT molecular complexity index is 491. The van der Waals surface area contributed by atoms with Crippen LogP contribution >= 0.6 is 0 Å². The lowest BCUT2D eigenvalue weighted by atomic mass is 9.97. The summed E-state index contributed by atoms with van der Waals surface area (Å²) in [5.41, 5.74) is 0. The number of carbonyl (C=O) groups excluding carboxylic acids is 2. The lowest BCUT2D eigenvalue weighted by Gasteiger charge is -2.30. The Kier molecular flexibility index (Phi) is 5.49. The molecule has 1 saturated heterocycles. The summed E-state index contributed by atoms with van der Waals surface area (Å²) in [7, 11) is -2.79. The topological polar surface area (TPSA) is 118 Å². The molecule has 0 unspecified atom stereocenters. The quantitative estimate of drug-likeness (QED) is 0.640. The first kappa shape index (κ1) is 16.4. The summed E-state index contributed by atoms with van der Waals surface area (Å²) in [6.07, 6.45) is 0.607. The number of carboxylic acids is 1. The van der Waals surface area contributed by atoms with Gasteiger partial charge < -0.3 is 14.7 Å². The Morgan fingerprint density at radius 3 is 2.20 bits per heavy atom. The van der Waals surface area contributed by atoms with Crippen LogP contribution in [0.5, 0.6) is 0 Å². The standard InChI is InChI=1S/C11H17NO7S/c1-19-10(14)7-20(17,18)6-9(13)12-4-2-8(3-5-12)11(15)16/h8H,2-7H2,1H3,(H,15,16). The van der Waals surface area contributed by atoms with E-state index in [1.807, 2.05) is 0 Å². The van der Waals surface area contributed by atoms with Crippen molar-refractivity contribution in [3.63, 3.8) is 0 Å². The SMILES string of the molecule is COC(=O)CS(=O)(=O)CC(=O)N1CCC(C(=O)O)CC1. The van der Waals surface area contributed by atoms with Crippen molar-refractivity contribution in [3.8, 4) is 0 Å². The molecule has 0 radical (unpaired) electrons. The minimum Gasteiger partial charge on any atom is -0.481 e. The molecule has 1 aliphatic heterocycles. The third-order valence-electron chi connectivity index (χ3n) is 3.11. The number of amides is 1. The molecule has 20 heavy (non-hydrogen) atoms. The number of piperidine rings is 1. The maximum atomic E-state index is 11.8. The molecule has 1 amide bonds. The minimum absolute atomic E-state index is 0.212. The predicted octanol–water partition coefficient (Wildman–Crippen LogP) is -1.10. The fourth-order valence-corrected chi connectivity index (χ4v) is 3.08. The third-order valence-corrected chi connectivity index (χ3v) is 4.47. The van der Waals surface area contributed by atoms with E-state index >= 15 is 0 Å². The predicted molar refractivity (Wildman–Crippen MR) is 67.6 cm³/mol. The van der Waals surface area contributed by atoms with Crippen LogP contribution in [0.1, 0.15) is 12.8 Å². The monoisotopic (exact) mass is 307 g/mol. The van der Waals surface area contributed by atoms with Crippen molar-refractivity contribution < 1.29 is 32.6 Å². The highest BCUT2D eigenvalue weighted by atomic mass is 32.2. The number of sulfone groups is 1. The van der Waals surface area contributed by atoms with Gasteiger partial charge in [-0.1, -0.05) is 0 Å². The van der Waals surface area contributed by atoms with Crippen molar-refractivity contribution in [2.45, 2.75) is 12.8 Å². The van der Waals surface area contributed by atoms with Gasteiger partial charge in [-0.15, -0.1) is 0 Å². The zero-order valence-electron chi connectivity index (χ0n) is 11.1. The van der Waals surface area contributed by atoms with Gasteiger partial charge in [-0.3, -0.25) is 14.4 Å². The second-order valence-electron chi connectivity index (χ2n) is 4.60. The summed E-state index contributed by atoms with van der Waals surface area (Å²) >= 11 is 0. The zero-order chi connectivity index (χ0) is 15.3. The van der Waals surface area contributed by atoms with E-state index in [1.165, 1.54) is 4.90 Å². The van der Waals surface area contributed by atoms with Crippen LogP contribution in [0.15, 0.2) is 0 Å². The van der Waals surface area contributed by atoms with E-state index in [0.717, 1.165) is 7.11 Å². The van der Waals surface area contributed by atoms with Gasteiger partial charge >= 0.3 is 11.9 Å². The van der Waals surface area contributed by atoms with E-state index < -0.39 is 45.1 Å². The van der Waals surface area contributed by atoms with E-state index in [9.17, 15) is 22.8 Å². The van der Waals surface area contributed by atoms with Crippen LogP contribution in [-0.4, -0.2) is 68.0 Å². The van der Waals surface area contributed by atoms with Gasteiger partial charge in [0.15, 0.2) is 9.84 Å². The molecule has 114 valence electrons. The highest BCUT2D eigenvalue weighted by Crippen LogP contribution is 2.17. The summed E-state index contributed by atoms with van der Waals surface area (Å²) in [6.45, 7) is 0.424. The van der Waals surface area contributed by atoms with Gasteiger partial charge in [0.1, 0.15) is 11.5 Å². The number of hydrogen-bond acceptors (Lipinski definition) is 6. The van der Waals surface area contributed by atoms with Gasteiger partial charge in [0.25, 0.3) is 0 Å². The van der Waals surface area contributed by atoms with Gasteiger partial charge in [-0.05, 0) is 12.8 Å². The van der Waals surface area contributed by atoms with Crippen LogP contribution in [0.2, 0.25) is 0 Å². The molecule has 0 aromatic heterocycles. The lowest BCUT2D eigenvalue weighted by Crippen LogP contribution is -2.43. The number of rotatable bonds is 5. The molecule has 1 rings (SSSR count). The summed E-state index contributed by atoms with van der Waals surface area (Å²) in [5.74, 6) is -4.53. The number of ether oxygens (including phenoxy) is 1. The summed E-state index contributed by atoms with van der Waals surface area (Å²) in [4.78, 5) is 34.8. The Morgan fingerprint density at radius 1 is 1.20 bits per heavy atom. The maximum absolute atomic E-state index is 11.8. The molecule has 1 fully saturated rings. The number of carbonyl (C=O) groups is 3. The summed E-state index contributed by atoms with van der Waals surface area (Å²) < 4.78 is 27.4. The Morgan fingerprint density at radius 2 is 1.75 bits per heavy atom. The highest BCUT2D eigenvalue weighted by molar-refractivity contribution is 7.92. The molecular formula is C11H17NO7S. The fourth-order valence-electron chi connectivity index (χ4n) is 1.94. The van der Waals surface area contributed by atoms with Gasteiger partial charge in [-0.25, -0.2) is 8.42 Å². The van der Waals surface area contributed by atoms with E-state index in [0.29, 0.717) is 12.8 Å². The number of hydrogen-bond donors (Lipinski definition) is 1. The first-order chi connectivity index (χ1) is 9.25. The molecule has 8 nitrogen and oxygen atoms in total. The molecule has 1 N–H and O–H groups in total. The number of methoxy groups -OCH3 is 1. The third kappa shape index (κ3) is 4.80. The second kappa shape index (κ2) is 6.69. The molecule has 0 saturated carbocycles. The van der Waals surface area contributed by atoms with Crippen molar-refractivity contribution in [1.29, 1.82) is 0 Å². The largest absolute Gasteiger partial charge is 0.481 e. The number of likely N-dealkylation sites (tertiary alicyclic amines) is 1. The van der Waals surface area contributed by atoms with Gasteiger partial charge in [0.05, 0.1) is 13.0 Å². The molecule has 0 spiro atoms. The van der Waals surface area contributed by atoms with Gasteiger partial charge in [-0.2, -0.15) is 0 Å². The minimum atomic E-state index is -3.85. The number of carboxylic acid groups (broad SMARTS) is 1. The maximum Gasteiger partial charge on any atom is 0.320 e. The first-order valence-corrected chi connectivity index (χ1v) is 7.85. The van der Waals surface area contributed by atoms with Crippen molar-refractivity contribution >= 4 is 27.7 Å². The highest BCUT2D eigenvalue weighted by Gasteiger charge is 2.30. The Labute approximate surface area is 116 Å². The Hall–Kier alpha value is -1.64. The normalized spacial score (nSPS) is 16.8. The molecule has 9 heteroatoms. The van der Waals surface area contributed by atoms with E-state index in [-0.39, 0.29) is 13.1 Å². The molecule has 0 bridgehead atoms. The summed E-state index contributed by atoms with van der Waals surface area (Å²) in [6, 6.07) is 0. The summed E-state index contributed by atoms with van der Waals surface area (Å²) in [5, 5.41) is 8.83. The second-order valence-corrected chi connectivity index (χ2v) is 6.67. The molecule has 1 heterocycles. The van der Waals surface area contributed by atoms with Gasteiger partial charge in [0, 0.05) is 13.1 Å². The molecule has 0 aromatic carbocycles. The zero-order valence-corrected chi connectivity index (χ0v) is 11.9. The molecular weight excluding hydrogens is 290 g/mol. The lowest BCUT2D eigenvalue weighted by molar-refractivity contribution is -0.145. The van der Waals surface area contributed by atoms with Crippen LogP contribution in [0.25, 0.3) is 0 Å². The van der Waals surface area contributed by atoms with E-state index in [4.69, 9.17) is 5.11 Å². The Balaban J connectivity index is 2.52. The molecule has 0 aromatic rings. The molecule has 0 aliphatic carbocycles. The fraction of sp³-hybridized carbons (Fsp3) is 0.727. The van der Waals surface area contributed by atoms with Gasteiger partial charge in [0.2, 0.25) is 5.91 Å². The van der Waals surface area contributed by atoms with Crippen LogP contribution in [0, 0.1) is 5.92 Å². The smallest absolute Gasteiger partial charge is 0.320 e. The van der Waals surface area contributed by atoms with Crippen LogP contribution < -0.4 is 0 Å². The van der Waals surface area contributed by atoms with Crippen molar-refractivity contribution in [2.75, 3.05) is 31.7 Å². The van der Waals surface area contributed by atoms with Crippen molar-refractivity contribution in [1.82, 2.24) is 4.90 Å². The van der Waals surface area contributed by atoms with Crippen LogP contribution in [0.3, 0.4) is 0 Å². The average Bonchev–Trinajstić information content (AvgIpc) is 2.37.